The number of hydrogen-bond donors (Lipinski definition) is 1. The Balaban J connectivity index is 1.51. The molecule has 0 radical (unpaired) electrons. The first-order valence-electron chi connectivity index (χ1n) is 8.93. The second-order valence-electron chi connectivity index (χ2n) is 8.17. The zero-order valence-electron chi connectivity index (χ0n) is 14.7. The molecule has 3 aliphatic rings. The molecule has 1 N–H and O–H groups in total. The van der Waals surface area contributed by atoms with Crippen LogP contribution in [0.2, 0.25) is 0 Å². The number of allylic oxidation sites excluding steroid dienone is 2. The van der Waals surface area contributed by atoms with E-state index in [2.05, 4.69) is 29.2 Å². The second kappa shape index (κ2) is 4.62. The lowest BCUT2D eigenvalue weighted by molar-refractivity contribution is 0.0759. The third-order valence-electron chi connectivity index (χ3n) is 6.79. The van der Waals surface area contributed by atoms with Gasteiger partial charge in [-0.25, -0.2) is 0 Å². The van der Waals surface area contributed by atoms with Gasteiger partial charge in [0.1, 0.15) is 11.3 Å². The van der Waals surface area contributed by atoms with Gasteiger partial charge in [-0.3, -0.25) is 14.3 Å². The van der Waals surface area contributed by atoms with Crippen LogP contribution in [0.5, 0.6) is 0 Å². The summed E-state index contributed by atoms with van der Waals surface area (Å²) in [7, 11) is 1.78. The quantitative estimate of drug-likeness (QED) is 0.807. The highest BCUT2D eigenvalue weighted by atomic mass is 16.2. The van der Waals surface area contributed by atoms with Gasteiger partial charge in [0, 0.05) is 26.2 Å². The molecule has 3 heterocycles. The maximum atomic E-state index is 13.1. The van der Waals surface area contributed by atoms with Gasteiger partial charge in [-0.15, -0.1) is 0 Å². The molecular weight excluding hydrogens is 316 g/mol. The molecule has 4 atom stereocenters. The summed E-state index contributed by atoms with van der Waals surface area (Å²) in [5, 5.41) is 4.85. The van der Waals surface area contributed by atoms with Crippen LogP contribution in [0.3, 0.4) is 0 Å². The van der Waals surface area contributed by atoms with E-state index in [0.29, 0.717) is 40.2 Å². The maximum absolute atomic E-state index is 13.1. The smallest absolute Gasteiger partial charge is 0.270 e. The molecule has 2 aromatic heterocycles. The molecule has 6 heteroatoms. The fraction of sp³-hybridized carbons (Fsp3) is 0.526. The first kappa shape index (κ1) is 14.9. The molecule has 0 aromatic carbocycles. The molecule has 2 fully saturated rings. The molecule has 130 valence electrons. The van der Waals surface area contributed by atoms with E-state index < -0.39 is 0 Å². The summed E-state index contributed by atoms with van der Waals surface area (Å²) in [6.45, 7) is 5.68. The highest BCUT2D eigenvalue weighted by Crippen LogP contribution is 2.59. The Labute approximate surface area is 145 Å². The van der Waals surface area contributed by atoms with Crippen molar-refractivity contribution in [2.75, 3.05) is 13.1 Å². The van der Waals surface area contributed by atoms with Gasteiger partial charge in [-0.05, 0) is 36.5 Å². The molecule has 1 amide bonds. The van der Waals surface area contributed by atoms with Crippen LogP contribution >= 0.6 is 0 Å². The van der Waals surface area contributed by atoms with Gasteiger partial charge in [0.05, 0.1) is 11.1 Å². The van der Waals surface area contributed by atoms with Gasteiger partial charge >= 0.3 is 0 Å². The van der Waals surface area contributed by atoms with E-state index in [1.54, 1.807) is 11.7 Å². The van der Waals surface area contributed by atoms with Crippen LogP contribution < -0.4 is 5.43 Å². The molecule has 2 aromatic rings. The Morgan fingerprint density at radius 3 is 2.96 bits per heavy atom. The lowest BCUT2D eigenvalue weighted by Crippen LogP contribution is -2.34. The van der Waals surface area contributed by atoms with Gasteiger partial charge < -0.3 is 9.88 Å². The summed E-state index contributed by atoms with van der Waals surface area (Å²) in [4.78, 5) is 30.6. The number of H-pyrrole nitrogens is 1. The van der Waals surface area contributed by atoms with Crippen LogP contribution in [-0.4, -0.2) is 38.7 Å². The molecule has 6 nitrogen and oxygen atoms in total. The summed E-state index contributed by atoms with van der Waals surface area (Å²) < 4.78 is 1.63. The third-order valence-corrected chi connectivity index (χ3v) is 6.79. The van der Waals surface area contributed by atoms with Crippen molar-refractivity contribution in [3.63, 3.8) is 0 Å². The minimum Gasteiger partial charge on any atom is -0.336 e. The van der Waals surface area contributed by atoms with E-state index in [1.165, 1.54) is 12.5 Å². The van der Waals surface area contributed by atoms with Crippen LogP contribution in [0.25, 0.3) is 11.0 Å². The Hall–Kier alpha value is -2.37. The number of nitrogens with one attached hydrogen (secondary N) is 1. The minimum atomic E-state index is -0.143. The maximum Gasteiger partial charge on any atom is 0.270 e. The van der Waals surface area contributed by atoms with Crippen LogP contribution in [0.4, 0.5) is 0 Å². The second-order valence-corrected chi connectivity index (χ2v) is 8.17. The summed E-state index contributed by atoms with van der Waals surface area (Å²) in [6, 6.07) is 1.43. The highest BCUT2D eigenvalue weighted by Gasteiger charge is 2.58. The zero-order chi connectivity index (χ0) is 17.5. The van der Waals surface area contributed by atoms with Crippen LogP contribution in [0.15, 0.2) is 23.0 Å². The zero-order valence-corrected chi connectivity index (χ0v) is 14.7. The van der Waals surface area contributed by atoms with Gasteiger partial charge in [-0.2, -0.15) is 5.10 Å². The van der Waals surface area contributed by atoms with Crippen LogP contribution in [0.1, 0.15) is 29.5 Å². The molecule has 0 unspecified atom stereocenters. The molecule has 0 spiro atoms. The monoisotopic (exact) mass is 338 g/mol. The number of carbonyl (C=O) groups excluding carboxylic acids is 1. The topological polar surface area (TPSA) is 71.0 Å². The van der Waals surface area contributed by atoms with Crippen molar-refractivity contribution in [3.05, 3.63) is 39.8 Å². The van der Waals surface area contributed by atoms with E-state index in [4.69, 9.17) is 0 Å². The SMILES string of the molecule is Cc1nn(C)c2[nH]c(C(=O)N3C[C@@H]4[C@@H]5C=C[C@@H](C5)[C@]4(C)C3)cc(=O)c12. The number of carbonyl (C=O) groups is 1. The Kier molecular flexibility index (Phi) is 2.76. The summed E-state index contributed by atoms with van der Waals surface area (Å²) in [5.74, 6) is 1.66. The first-order valence-corrected chi connectivity index (χ1v) is 8.93. The molecule has 2 aliphatic carbocycles. The van der Waals surface area contributed by atoms with Crippen LogP contribution in [-0.2, 0) is 7.05 Å². The molecule has 1 saturated heterocycles. The fourth-order valence-corrected chi connectivity index (χ4v) is 5.47. The molecule has 1 aliphatic heterocycles. The van der Waals surface area contributed by atoms with Gasteiger partial charge in [0.15, 0.2) is 5.43 Å². The first-order chi connectivity index (χ1) is 11.9. The highest BCUT2D eigenvalue weighted by molar-refractivity contribution is 5.95. The summed E-state index contributed by atoms with van der Waals surface area (Å²) >= 11 is 0. The van der Waals surface area contributed by atoms with E-state index in [9.17, 15) is 9.59 Å². The molecular formula is C19H22N4O2. The average molecular weight is 338 g/mol. The van der Waals surface area contributed by atoms with Crippen molar-refractivity contribution in [2.24, 2.45) is 30.2 Å². The fourth-order valence-electron chi connectivity index (χ4n) is 5.47. The molecule has 2 bridgehead atoms. The number of pyridine rings is 1. The standard InChI is InChI=1S/C19H22N4O2/c1-10-16-15(24)7-14(20-17(16)22(3)21-10)18(25)23-8-13-11-4-5-12(6-11)19(13,2)9-23/h4-5,7,11-13H,6,8-9H2,1-3H3,(H,20,24)/t11-,12+,13-,19+/m1/s1. The summed E-state index contributed by atoms with van der Waals surface area (Å²) in [6.07, 6.45) is 5.90. The normalized spacial score (nSPS) is 32.8. The van der Waals surface area contributed by atoms with Gasteiger partial charge in [-0.1, -0.05) is 19.1 Å². The number of likely N-dealkylation sites (tertiary alicyclic amines) is 1. The number of aromatic nitrogens is 3. The van der Waals surface area contributed by atoms with Gasteiger partial charge in [0.25, 0.3) is 5.91 Å². The Morgan fingerprint density at radius 2 is 2.20 bits per heavy atom. The largest absolute Gasteiger partial charge is 0.336 e. The predicted octanol–water partition coefficient (Wildman–Crippen LogP) is 1.85. The lowest BCUT2D eigenvalue weighted by Gasteiger charge is -2.31. The van der Waals surface area contributed by atoms with E-state index >= 15 is 0 Å². The Morgan fingerprint density at radius 1 is 1.40 bits per heavy atom. The molecule has 25 heavy (non-hydrogen) atoms. The number of hydrogen-bond acceptors (Lipinski definition) is 3. The van der Waals surface area contributed by atoms with Crippen molar-refractivity contribution in [1.82, 2.24) is 19.7 Å². The van der Waals surface area contributed by atoms with E-state index in [1.807, 2.05) is 11.8 Å². The van der Waals surface area contributed by atoms with Crippen molar-refractivity contribution in [2.45, 2.75) is 20.3 Å². The number of fused-ring (bicyclic) bond motifs is 6. The van der Waals surface area contributed by atoms with Crippen LogP contribution in [0, 0.1) is 30.1 Å². The average Bonchev–Trinajstić information content (AvgIpc) is 3.28. The third kappa shape index (κ3) is 1.82. The van der Waals surface area contributed by atoms with Crippen molar-refractivity contribution < 1.29 is 4.79 Å². The van der Waals surface area contributed by atoms with E-state index in [0.717, 1.165) is 13.1 Å². The minimum absolute atomic E-state index is 0.0760. The van der Waals surface area contributed by atoms with Crippen molar-refractivity contribution in [3.8, 4) is 0 Å². The van der Waals surface area contributed by atoms with Crippen molar-refractivity contribution >= 4 is 16.9 Å². The lowest BCUT2D eigenvalue weighted by atomic mass is 9.72. The number of aromatic amines is 1. The number of nitrogens with zero attached hydrogens (tertiary/aromatic N) is 3. The van der Waals surface area contributed by atoms with Crippen molar-refractivity contribution in [1.29, 1.82) is 0 Å². The number of aryl methyl sites for hydroxylation is 2. The Bertz CT molecular complexity index is 1000. The van der Waals surface area contributed by atoms with Gasteiger partial charge in [0.2, 0.25) is 0 Å². The number of amides is 1. The predicted molar refractivity (Wildman–Crippen MR) is 94.3 cm³/mol. The molecule has 1 saturated carbocycles. The molecule has 5 rings (SSSR count). The number of rotatable bonds is 1. The van der Waals surface area contributed by atoms with E-state index in [-0.39, 0.29) is 16.8 Å². The summed E-state index contributed by atoms with van der Waals surface area (Å²) in [5.41, 5.74) is 1.70.